The molecular formula is C17H20FN3O2S. The third-order valence-electron chi connectivity index (χ3n) is 4.11. The van der Waals surface area contributed by atoms with Gasteiger partial charge in [0.25, 0.3) is 0 Å². The lowest BCUT2D eigenvalue weighted by Crippen LogP contribution is -2.34. The van der Waals surface area contributed by atoms with Crippen LogP contribution >= 0.6 is 0 Å². The molecule has 0 bridgehead atoms. The van der Waals surface area contributed by atoms with Gasteiger partial charge in [-0.25, -0.2) is 17.5 Å². The van der Waals surface area contributed by atoms with Crippen molar-refractivity contribution in [3.63, 3.8) is 0 Å². The van der Waals surface area contributed by atoms with Crippen LogP contribution in [0.2, 0.25) is 0 Å². The standard InChI is InChI=1S/C17H20FN3O2S/c1-17(8-9-17)21-24(22,23)14-6-7-16(15(19)10-14)20-11-12-2-4-13(18)5-3-12/h2-7,10,20-21H,8-9,11,19H2,1H3. The van der Waals surface area contributed by atoms with E-state index in [1.54, 1.807) is 18.2 Å². The maximum Gasteiger partial charge on any atom is 0.241 e. The Balaban J connectivity index is 1.71. The lowest BCUT2D eigenvalue weighted by molar-refractivity contribution is 0.558. The first-order valence-corrected chi connectivity index (χ1v) is 9.18. The summed E-state index contributed by atoms with van der Waals surface area (Å²) in [5.74, 6) is -0.287. The highest BCUT2D eigenvalue weighted by Gasteiger charge is 2.41. The molecule has 0 aliphatic heterocycles. The van der Waals surface area contributed by atoms with E-state index in [9.17, 15) is 12.8 Å². The highest BCUT2D eigenvalue weighted by atomic mass is 32.2. The minimum Gasteiger partial charge on any atom is -0.397 e. The summed E-state index contributed by atoms with van der Waals surface area (Å²) in [6.07, 6.45) is 1.69. The number of benzene rings is 2. The monoisotopic (exact) mass is 349 g/mol. The summed E-state index contributed by atoms with van der Waals surface area (Å²) in [5, 5.41) is 3.13. The first-order valence-electron chi connectivity index (χ1n) is 7.69. The SMILES string of the molecule is CC1(NS(=O)(=O)c2ccc(NCc3ccc(F)cc3)c(N)c2)CC1. The molecular weight excluding hydrogens is 329 g/mol. The van der Waals surface area contributed by atoms with E-state index in [1.165, 1.54) is 24.3 Å². The van der Waals surface area contributed by atoms with Gasteiger partial charge in [0.15, 0.2) is 0 Å². The van der Waals surface area contributed by atoms with E-state index in [-0.39, 0.29) is 16.3 Å². The fourth-order valence-electron chi connectivity index (χ4n) is 2.34. The molecule has 0 atom stereocenters. The van der Waals surface area contributed by atoms with Gasteiger partial charge in [-0.2, -0.15) is 0 Å². The third-order valence-corrected chi connectivity index (χ3v) is 5.75. The number of hydrogen-bond acceptors (Lipinski definition) is 4. The van der Waals surface area contributed by atoms with Crippen molar-refractivity contribution in [3.8, 4) is 0 Å². The average Bonchev–Trinajstić information content (AvgIpc) is 3.23. The quantitative estimate of drug-likeness (QED) is 0.700. The Morgan fingerprint density at radius 1 is 1.17 bits per heavy atom. The normalized spacial score (nSPS) is 15.9. The molecule has 1 aliphatic carbocycles. The average molecular weight is 349 g/mol. The molecule has 0 amide bonds. The second-order valence-electron chi connectivity index (χ2n) is 6.40. The number of halogens is 1. The first-order chi connectivity index (χ1) is 11.3. The molecule has 3 rings (SSSR count). The smallest absolute Gasteiger partial charge is 0.241 e. The van der Waals surface area contributed by atoms with Crippen LogP contribution < -0.4 is 15.8 Å². The molecule has 2 aromatic rings. The van der Waals surface area contributed by atoms with Crippen molar-refractivity contribution < 1.29 is 12.8 Å². The topological polar surface area (TPSA) is 84.2 Å². The predicted octanol–water partition coefficient (Wildman–Crippen LogP) is 2.85. The van der Waals surface area contributed by atoms with E-state index >= 15 is 0 Å². The van der Waals surface area contributed by atoms with E-state index in [0.29, 0.717) is 17.9 Å². The largest absolute Gasteiger partial charge is 0.397 e. The highest BCUT2D eigenvalue weighted by Crippen LogP contribution is 2.36. The van der Waals surface area contributed by atoms with Crippen molar-refractivity contribution in [1.82, 2.24) is 4.72 Å². The fraction of sp³-hybridized carbons (Fsp3) is 0.294. The molecule has 0 saturated heterocycles. The zero-order chi connectivity index (χ0) is 17.4. The van der Waals surface area contributed by atoms with E-state index < -0.39 is 10.0 Å². The van der Waals surface area contributed by atoms with Gasteiger partial charge in [-0.3, -0.25) is 0 Å². The molecule has 1 aliphatic rings. The molecule has 0 heterocycles. The van der Waals surface area contributed by atoms with Crippen LogP contribution in [0.5, 0.6) is 0 Å². The Morgan fingerprint density at radius 2 is 1.83 bits per heavy atom. The summed E-state index contributed by atoms with van der Waals surface area (Å²) in [5.41, 5.74) is 7.53. The van der Waals surface area contributed by atoms with Gasteiger partial charge < -0.3 is 11.1 Å². The summed E-state index contributed by atoms with van der Waals surface area (Å²) in [6.45, 7) is 2.35. The number of anilines is 2. The second-order valence-corrected chi connectivity index (χ2v) is 8.08. The van der Waals surface area contributed by atoms with Gasteiger partial charge in [0.1, 0.15) is 5.82 Å². The number of nitrogens with one attached hydrogen (secondary N) is 2. The maximum absolute atomic E-state index is 12.9. The van der Waals surface area contributed by atoms with Gasteiger partial charge in [-0.05, 0) is 55.7 Å². The lowest BCUT2D eigenvalue weighted by atomic mass is 10.2. The van der Waals surface area contributed by atoms with E-state index in [4.69, 9.17) is 5.73 Å². The first kappa shape index (κ1) is 16.7. The zero-order valence-corrected chi connectivity index (χ0v) is 14.2. The third kappa shape index (κ3) is 3.85. The molecule has 7 heteroatoms. The Kier molecular flexibility index (Phi) is 4.23. The molecule has 4 N–H and O–H groups in total. The summed E-state index contributed by atoms with van der Waals surface area (Å²) in [6, 6.07) is 10.7. The van der Waals surface area contributed by atoms with Gasteiger partial charge in [0.2, 0.25) is 10.0 Å². The van der Waals surface area contributed by atoms with Crippen molar-refractivity contribution in [1.29, 1.82) is 0 Å². The van der Waals surface area contributed by atoms with Gasteiger partial charge in [-0.15, -0.1) is 0 Å². The Morgan fingerprint density at radius 3 is 2.42 bits per heavy atom. The number of nitrogens with two attached hydrogens (primary N) is 1. The molecule has 24 heavy (non-hydrogen) atoms. The summed E-state index contributed by atoms with van der Waals surface area (Å²) in [7, 11) is -3.57. The summed E-state index contributed by atoms with van der Waals surface area (Å²) < 4.78 is 40.3. The van der Waals surface area contributed by atoms with E-state index in [1.807, 2.05) is 6.92 Å². The van der Waals surface area contributed by atoms with Crippen LogP contribution in [0.25, 0.3) is 0 Å². The summed E-state index contributed by atoms with van der Waals surface area (Å²) >= 11 is 0. The van der Waals surface area contributed by atoms with Crippen LogP contribution in [0.1, 0.15) is 25.3 Å². The molecule has 5 nitrogen and oxygen atoms in total. The highest BCUT2D eigenvalue weighted by molar-refractivity contribution is 7.89. The predicted molar refractivity (Wildman–Crippen MR) is 92.5 cm³/mol. The molecule has 2 aromatic carbocycles. The Bertz CT molecular complexity index is 847. The molecule has 0 unspecified atom stereocenters. The summed E-state index contributed by atoms with van der Waals surface area (Å²) in [4.78, 5) is 0.153. The number of hydrogen-bond donors (Lipinski definition) is 3. The van der Waals surface area contributed by atoms with Crippen LogP contribution in [-0.4, -0.2) is 14.0 Å². The van der Waals surface area contributed by atoms with Crippen molar-refractivity contribution >= 4 is 21.4 Å². The van der Waals surface area contributed by atoms with Gasteiger partial charge in [0.05, 0.1) is 16.3 Å². The molecule has 1 saturated carbocycles. The van der Waals surface area contributed by atoms with Gasteiger partial charge >= 0.3 is 0 Å². The van der Waals surface area contributed by atoms with Crippen LogP contribution in [0.3, 0.4) is 0 Å². The fourth-order valence-corrected chi connectivity index (χ4v) is 3.84. The number of nitrogen functional groups attached to an aromatic ring is 1. The number of rotatable bonds is 6. The Hall–Kier alpha value is -2.12. The molecule has 1 fully saturated rings. The van der Waals surface area contributed by atoms with E-state index in [0.717, 1.165) is 18.4 Å². The molecule has 0 spiro atoms. The van der Waals surface area contributed by atoms with Crippen molar-refractivity contribution in [2.24, 2.45) is 0 Å². The van der Waals surface area contributed by atoms with Crippen LogP contribution in [0, 0.1) is 5.82 Å². The van der Waals surface area contributed by atoms with Crippen LogP contribution in [0.15, 0.2) is 47.4 Å². The molecule has 128 valence electrons. The zero-order valence-electron chi connectivity index (χ0n) is 13.3. The molecule has 0 aromatic heterocycles. The van der Waals surface area contributed by atoms with Crippen LogP contribution in [-0.2, 0) is 16.6 Å². The second kappa shape index (κ2) is 6.07. The lowest BCUT2D eigenvalue weighted by Gasteiger charge is -2.14. The minimum atomic E-state index is -3.57. The maximum atomic E-state index is 12.9. The number of sulfonamides is 1. The van der Waals surface area contributed by atoms with Crippen molar-refractivity contribution in [3.05, 3.63) is 53.8 Å². The van der Waals surface area contributed by atoms with Crippen molar-refractivity contribution in [2.75, 3.05) is 11.1 Å². The minimum absolute atomic E-state index is 0.153. The van der Waals surface area contributed by atoms with Gasteiger partial charge in [-0.1, -0.05) is 12.1 Å². The Labute approximate surface area is 141 Å². The molecule has 0 radical (unpaired) electrons. The van der Waals surface area contributed by atoms with E-state index in [2.05, 4.69) is 10.0 Å². The van der Waals surface area contributed by atoms with Gasteiger partial charge in [0, 0.05) is 12.1 Å². The van der Waals surface area contributed by atoms with Crippen molar-refractivity contribution in [2.45, 2.75) is 36.7 Å². The van der Waals surface area contributed by atoms with Crippen LogP contribution in [0.4, 0.5) is 15.8 Å².